The topological polar surface area (TPSA) is 72.0 Å². The van der Waals surface area contributed by atoms with Gasteiger partial charge in [-0.05, 0) is 31.6 Å². The number of nitrogens with one attached hydrogen (secondary N) is 2. The SMILES string of the molecule is CCNC(=NCC1(CCOC)CCCC1)NCCC(=O)OC.I. The lowest BCUT2D eigenvalue weighted by atomic mass is 9.83. The molecule has 0 unspecified atom stereocenters. The van der Waals surface area contributed by atoms with Gasteiger partial charge in [-0.2, -0.15) is 0 Å². The number of hydrogen-bond acceptors (Lipinski definition) is 4. The maximum absolute atomic E-state index is 11.2. The van der Waals surface area contributed by atoms with Crippen molar-refractivity contribution in [2.24, 2.45) is 10.4 Å². The van der Waals surface area contributed by atoms with E-state index in [0.717, 1.165) is 32.1 Å². The first-order valence-corrected chi connectivity index (χ1v) is 8.24. The van der Waals surface area contributed by atoms with E-state index in [1.807, 2.05) is 6.92 Å². The zero-order chi connectivity index (χ0) is 16.3. The Balaban J connectivity index is 0.00000484. The van der Waals surface area contributed by atoms with Crippen molar-refractivity contribution in [3.8, 4) is 0 Å². The summed E-state index contributed by atoms with van der Waals surface area (Å²) in [7, 11) is 3.16. The third-order valence-electron chi connectivity index (χ3n) is 4.27. The molecule has 0 bridgehead atoms. The molecule has 0 spiro atoms. The van der Waals surface area contributed by atoms with E-state index >= 15 is 0 Å². The Kier molecular flexibility index (Phi) is 12.5. The van der Waals surface area contributed by atoms with Crippen LogP contribution in [0.5, 0.6) is 0 Å². The van der Waals surface area contributed by atoms with Crippen LogP contribution in [0.2, 0.25) is 0 Å². The molecule has 1 aliphatic carbocycles. The number of carbonyl (C=O) groups is 1. The number of aliphatic imine (C=N–C) groups is 1. The number of esters is 1. The molecule has 7 heteroatoms. The first-order chi connectivity index (χ1) is 10.7. The molecule has 0 aromatic rings. The number of rotatable bonds is 9. The summed E-state index contributed by atoms with van der Waals surface area (Å²) in [6.07, 6.45) is 6.42. The van der Waals surface area contributed by atoms with Gasteiger partial charge in [0.05, 0.1) is 13.5 Å². The molecule has 2 N–H and O–H groups in total. The first kappa shape index (κ1) is 22.4. The molecule has 0 aromatic heterocycles. The Morgan fingerprint density at radius 3 is 2.48 bits per heavy atom. The Hall–Kier alpha value is -0.570. The first-order valence-electron chi connectivity index (χ1n) is 8.24. The fraction of sp³-hybridized carbons (Fsp3) is 0.875. The summed E-state index contributed by atoms with van der Waals surface area (Å²) in [5, 5.41) is 6.42. The van der Waals surface area contributed by atoms with Gasteiger partial charge in [0.2, 0.25) is 0 Å². The molecule has 6 nitrogen and oxygen atoms in total. The Bertz CT molecular complexity index is 358. The van der Waals surface area contributed by atoms with Gasteiger partial charge in [-0.3, -0.25) is 9.79 Å². The average Bonchev–Trinajstić information content (AvgIpc) is 2.99. The molecule has 0 saturated heterocycles. The summed E-state index contributed by atoms with van der Waals surface area (Å²) in [5.74, 6) is 0.561. The molecular formula is C16H32IN3O3. The van der Waals surface area contributed by atoms with E-state index < -0.39 is 0 Å². The molecule has 136 valence electrons. The van der Waals surface area contributed by atoms with Gasteiger partial charge in [0, 0.05) is 33.4 Å². The van der Waals surface area contributed by atoms with Gasteiger partial charge in [-0.15, -0.1) is 24.0 Å². The normalized spacial score (nSPS) is 16.6. The van der Waals surface area contributed by atoms with Crippen molar-refractivity contribution in [1.29, 1.82) is 0 Å². The van der Waals surface area contributed by atoms with Crippen molar-refractivity contribution in [2.45, 2.75) is 45.4 Å². The highest BCUT2D eigenvalue weighted by atomic mass is 127. The quantitative estimate of drug-likeness (QED) is 0.249. The smallest absolute Gasteiger partial charge is 0.307 e. The average molecular weight is 441 g/mol. The largest absolute Gasteiger partial charge is 0.469 e. The summed E-state index contributed by atoms with van der Waals surface area (Å²) < 4.78 is 9.90. The van der Waals surface area contributed by atoms with E-state index in [1.165, 1.54) is 32.8 Å². The Morgan fingerprint density at radius 2 is 1.91 bits per heavy atom. The minimum atomic E-state index is -0.212. The third-order valence-corrected chi connectivity index (χ3v) is 4.27. The van der Waals surface area contributed by atoms with Crippen LogP contribution in [-0.2, 0) is 14.3 Å². The van der Waals surface area contributed by atoms with Crippen LogP contribution in [0.15, 0.2) is 4.99 Å². The van der Waals surface area contributed by atoms with Gasteiger partial charge >= 0.3 is 5.97 Å². The number of ether oxygens (including phenoxy) is 2. The van der Waals surface area contributed by atoms with E-state index in [2.05, 4.69) is 15.4 Å². The van der Waals surface area contributed by atoms with Gasteiger partial charge in [-0.25, -0.2) is 0 Å². The van der Waals surface area contributed by atoms with Gasteiger partial charge in [-0.1, -0.05) is 12.8 Å². The standard InChI is InChI=1S/C16H31N3O3.HI/c1-4-17-15(18-11-7-14(20)22-3)19-13-16(10-12-21-2)8-5-6-9-16;/h4-13H2,1-3H3,(H2,17,18,19);1H. The molecule has 23 heavy (non-hydrogen) atoms. The molecule has 0 heterocycles. The van der Waals surface area contributed by atoms with Crippen LogP contribution in [0.4, 0.5) is 0 Å². The molecule has 0 atom stereocenters. The minimum absolute atomic E-state index is 0. The van der Waals surface area contributed by atoms with Crippen LogP contribution < -0.4 is 10.6 Å². The highest BCUT2D eigenvalue weighted by molar-refractivity contribution is 14.0. The zero-order valence-electron chi connectivity index (χ0n) is 14.7. The highest BCUT2D eigenvalue weighted by Crippen LogP contribution is 2.41. The van der Waals surface area contributed by atoms with Crippen LogP contribution in [0.1, 0.15) is 45.4 Å². The van der Waals surface area contributed by atoms with E-state index in [4.69, 9.17) is 9.73 Å². The van der Waals surface area contributed by atoms with Crippen molar-refractivity contribution >= 4 is 35.9 Å². The maximum atomic E-state index is 11.2. The number of halogens is 1. The van der Waals surface area contributed by atoms with Crippen LogP contribution in [0.3, 0.4) is 0 Å². The van der Waals surface area contributed by atoms with E-state index in [0.29, 0.717) is 13.0 Å². The molecule has 1 fully saturated rings. The number of guanidine groups is 1. The second-order valence-electron chi connectivity index (χ2n) is 5.90. The monoisotopic (exact) mass is 441 g/mol. The van der Waals surface area contributed by atoms with Crippen LogP contribution in [0, 0.1) is 5.41 Å². The lowest BCUT2D eigenvalue weighted by Crippen LogP contribution is -2.39. The maximum Gasteiger partial charge on any atom is 0.307 e. The molecule has 0 radical (unpaired) electrons. The Morgan fingerprint density at radius 1 is 1.22 bits per heavy atom. The summed E-state index contributed by atoms with van der Waals surface area (Å²) in [4.78, 5) is 15.9. The number of carbonyl (C=O) groups excluding carboxylic acids is 1. The van der Waals surface area contributed by atoms with Crippen LogP contribution >= 0.6 is 24.0 Å². The summed E-state index contributed by atoms with van der Waals surface area (Å²) >= 11 is 0. The lowest BCUT2D eigenvalue weighted by molar-refractivity contribution is -0.140. The molecular weight excluding hydrogens is 409 g/mol. The van der Waals surface area contributed by atoms with Crippen molar-refractivity contribution < 1.29 is 14.3 Å². The molecule has 0 aromatic carbocycles. The summed E-state index contributed by atoms with van der Waals surface area (Å²) in [6.45, 7) is 4.97. The van der Waals surface area contributed by atoms with Crippen molar-refractivity contribution in [2.75, 3.05) is 40.5 Å². The molecule has 1 saturated carbocycles. The number of nitrogens with zero attached hydrogens (tertiary/aromatic N) is 1. The zero-order valence-corrected chi connectivity index (χ0v) is 17.0. The second kappa shape index (κ2) is 12.8. The van der Waals surface area contributed by atoms with Gasteiger partial charge in [0.1, 0.15) is 0 Å². The molecule has 1 rings (SSSR count). The Labute approximate surface area is 157 Å². The van der Waals surface area contributed by atoms with E-state index in [1.54, 1.807) is 7.11 Å². The van der Waals surface area contributed by atoms with Crippen molar-refractivity contribution in [3.05, 3.63) is 0 Å². The molecule has 0 amide bonds. The van der Waals surface area contributed by atoms with E-state index in [9.17, 15) is 4.79 Å². The predicted molar refractivity (Wildman–Crippen MR) is 103 cm³/mol. The number of methoxy groups -OCH3 is 2. The molecule has 1 aliphatic rings. The van der Waals surface area contributed by atoms with Crippen molar-refractivity contribution in [1.82, 2.24) is 10.6 Å². The van der Waals surface area contributed by atoms with Crippen LogP contribution in [0.25, 0.3) is 0 Å². The fourth-order valence-electron chi connectivity index (χ4n) is 2.90. The third kappa shape index (κ3) is 8.74. The fourth-order valence-corrected chi connectivity index (χ4v) is 2.90. The van der Waals surface area contributed by atoms with Gasteiger partial charge in [0.15, 0.2) is 5.96 Å². The second-order valence-corrected chi connectivity index (χ2v) is 5.90. The molecule has 0 aliphatic heterocycles. The van der Waals surface area contributed by atoms with Gasteiger partial charge < -0.3 is 20.1 Å². The van der Waals surface area contributed by atoms with E-state index in [-0.39, 0.29) is 35.4 Å². The number of hydrogen-bond donors (Lipinski definition) is 2. The predicted octanol–water partition coefficient (Wildman–Crippen LogP) is 2.32. The van der Waals surface area contributed by atoms with Crippen LogP contribution in [-0.4, -0.2) is 52.4 Å². The lowest BCUT2D eigenvalue weighted by Gasteiger charge is -2.27. The highest BCUT2D eigenvalue weighted by Gasteiger charge is 2.33. The summed E-state index contributed by atoms with van der Waals surface area (Å²) in [6, 6.07) is 0. The minimum Gasteiger partial charge on any atom is -0.469 e. The van der Waals surface area contributed by atoms with Gasteiger partial charge in [0.25, 0.3) is 0 Å². The van der Waals surface area contributed by atoms with Crippen molar-refractivity contribution in [3.63, 3.8) is 0 Å². The summed E-state index contributed by atoms with van der Waals surface area (Å²) in [5.41, 5.74) is 0.278.